The Morgan fingerprint density at radius 1 is 1.24 bits per heavy atom. The second-order valence-electron chi connectivity index (χ2n) is 3.04. The Labute approximate surface area is 95.2 Å². The van der Waals surface area contributed by atoms with Gasteiger partial charge in [0.25, 0.3) is 0 Å². The van der Waals surface area contributed by atoms with Crippen molar-refractivity contribution < 1.29 is 13.5 Å². The molecule has 2 aromatic rings. The van der Waals surface area contributed by atoms with Gasteiger partial charge in [-0.25, -0.2) is 19.6 Å². The summed E-state index contributed by atoms with van der Waals surface area (Å²) in [4.78, 5) is 7.54. The van der Waals surface area contributed by atoms with Crippen molar-refractivity contribution in [1.82, 2.24) is 9.97 Å². The Bertz CT molecular complexity index is 535. The zero-order valence-electron chi connectivity index (χ0n) is 8.52. The molecule has 0 unspecified atom stereocenters. The lowest BCUT2D eigenvalue weighted by Gasteiger charge is -2.06. The van der Waals surface area contributed by atoms with E-state index in [1.165, 1.54) is 12.3 Å². The van der Waals surface area contributed by atoms with Crippen LogP contribution in [0, 0.1) is 11.6 Å². The lowest BCUT2D eigenvalue weighted by atomic mass is 10.3. The van der Waals surface area contributed by atoms with E-state index in [4.69, 9.17) is 10.6 Å². The number of halogens is 2. The smallest absolute Gasteiger partial charge is 0.240 e. The van der Waals surface area contributed by atoms with Crippen LogP contribution in [0.4, 0.5) is 14.7 Å². The van der Waals surface area contributed by atoms with Gasteiger partial charge in [-0.05, 0) is 12.1 Å². The number of hydrogen-bond acceptors (Lipinski definition) is 5. The summed E-state index contributed by atoms with van der Waals surface area (Å²) in [5, 5.41) is 0. The molecular formula is C10H8F2N4O. The van der Waals surface area contributed by atoms with Crippen LogP contribution < -0.4 is 16.0 Å². The summed E-state index contributed by atoms with van der Waals surface area (Å²) in [5.74, 6) is 3.72. The fourth-order valence-electron chi connectivity index (χ4n) is 1.14. The van der Waals surface area contributed by atoms with E-state index in [0.29, 0.717) is 0 Å². The van der Waals surface area contributed by atoms with Gasteiger partial charge in [0.2, 0.25) is 11.8 Å². The summed E-state index contributed by atoms with van der Waals surface area (Å²) in [7, 11) is 0. The van der Waals surface area contributed by atoms with E-state index in [1.807, 2.05) is 0 Å². The fourth-order valence-corrected chi connectivity index (χ4v) is 1.14. The van der Waals surface area contributed by atoms with Gasteiger partial charge in [-0.2, -0.15) is 4.98 Å². The molecule has 3 N–H and O–H groups in total. The van der Waals surface area contributed by atoms with Gasteiger partial charge < -0.3 is 4.74 Å². The molecular weight excluding hydrogens is 230 g/mol. The number of anilines is 1. The molecule has 1 aromatic carbocycles. The second-order valence-corrected chi connectivity index (χ2v) is 3.04. The standard InChI is InChI=1S/C10H8F2N4O/c11-6-1-2-7(12)8(5-6)17-9-3-4-14-10(15-9)16-13/h1-5H,13H2,(H,14,15,16). The minimum absolute atomic E-state index is 0.0532. The number of nitrogens with two attached hydrogens (primary N) is 1. The topological polar surface area (TPSA) is 73.1 Å². The zero-order chi connectivity index (χ0) is 12.3. The van der Waals surface area contributed by atoms with E-state index in [1.54, 1.807) is 0 Å². The molecule has 0 fully saturated rings. The fraction of sp³-hybridized carbons (Fsp3) is 0. The lowest BCUT2D eigenvalue weighted by molar-refractivity contribution is 0.422. The largest absolute Gasteiger partial charge is 0.436 e. The summed E-state index contributed by atoms with van der Waals surface area (Å²) in [6.45, 7) is 0. The van der Waals surface area contributed by atoms with Crippen LogP contribution in [0.1, 0.15) is 0 Å². The van der Waals surface area contributed by atoms with Gasteiger partial charge in [0, 0.05) is 18.3 Å². The normalized spacial score (nSPS) is 10.1. The number of hydrogen-bond donors (Lipinski definition) is 2. The molecule has 0 aliphatic heterocycles. The number of nitrogens with zero attached hydrogens (tertiary/aromatic N) is 2. The number of benzene rings is 1. The number of rotatable bonds is 3. The van der Waals surface area contributed by atoms with Crippen LogP contribution in [0.25, 0.3) is 0 Å². The van der Waals surface area contributed by atoms with Gasteiger partial charge in [-0.3, -0.25) is 5.43 Å². The molecule has 0 radical (unpaired) electrons. The highest BCUT2D eigenvalue weighted by molar-refractivity contribution is 5.31. The van der Waals surface area contributed by atoms with E-state index in [0.717, 1.165) is 18.2 Å². The molecule has 0 aliphatic rings. The molecule has 0 aliphatic carbocycles. The molecule has 0 atom stereocenters. The first-order valence-electron chi connectivity index (χ1n) is 4.61. The Morgan fingerprint density at radius 3 is 2.82 bits per heavy atom. The summed E-state index contributed by atoms with van der Waals surface area (Å²) in [6, 6.07) is 4.28. The minimum atomic E-state index is -0.688. The predicted octanol–water partition coefficient (Wildman–Crippen LogP) is 1.83. The quantitative estimate of drug-likeness (QED) is 0.630. The van der Waals surface area contributed by atoms with Crippen molar-refractivity contribution in [3.05, 3.63) is 42.1 Å². The summed E-state index contributed by atoms with van der Waals surface area (Å²) >= 11 is 0. The maximum atomic E-state index is 13.3. The van der Waals surface area contributed by atoms with Crippen LogP contribution in [-0.4, -0.2) is 9.97 Å². The number of hydrazine groups is 1. The lowest BCUT2D eigenvalue weighted by Crippen LogP contribution is -2.10. The average Bonchev–Trinajstić information content (AvgIpc) is 2.34. The molecule has 0 saturated heterocycles. The third kappa shape index (κ3) is 2.64. The molecule has 88 valence electrons. The summed E-state index contributed by atoms with van der Waals surface area (Å²) in [5.41, 5.74) is 2.21. The highest BCUT2D eigenvalue weighted by Crippen LogP contribution is 2.23. The van der Waals surface area contributed by atoms with Crippen LogP contribution in [0.5, 0.6) is 11.6 Å². The van der Waals surface area contributed by atoms with Crippen molar-refractivity contribution in [2.45, 2.75) is 0 Å². The van der Waals surface area contributed by atoms with Crippen molar-refractivity contribution in [3.63, 3.8) is 0 Å². The van der Waals surface area contributed by atoms with E-state index in [-0.39, 0.29) is 17.6 Å². The highest BCUT2D eigenvalue weighted by atomic mass is 19.1. The van der Waals surface area contributed by atoms with Gasteiger partial charge >= 0.3 is 0 Å². The maximum absolute atomic E-state index is 13.3. The van der Waals surface area contributed by atoms with Crippen molar-refractivity contribution in [1.29, 1.82) is 0 Å². The van der Waals surface area contributed by atoms with Crippen molar-refractivity contribution >= 4 is 5.95 Å². The molecule has 0 amide bonds. The first-order valence-corrected chi connectivity index (χ1v) is 4.61. The second kappa shape index (κ2) is 4.71. The first kappa shape index (κ1) is 11.2. The minimum Gasteiger partial charge on any atom is -0.436 e. The molecule has 1 heterocycles. The third-order valence-corrected chi connectivity index (χ3v) is 1.87. The van der Waals surface area contributed by atoms with Crippen LogP contribution in [0.15, 0.2) is 30.5 Å². The molecule has 1 aromatic heterocycles. The van der Waals surface area contributed by atoms with Crippen molar-refractivity contribution in [2.24, 2.45) is 5.84 Å². The monoisotopic (exact) mass is 238 g/mol. The van der Waals surface area contributed by atoms with Crippen molar-refractivity contribution in [2.75, 3.05) is 5.43 Å². The molecule has 2 rings (SSSR count). The summed E-state index contributed by atoms with van der Waals surface area (Å²) in [6.07, 6.45) is 1.37. The SMILES string of the molecule is NNc1nccc(Oc2cc(F)ccc2F)n1. The van der Waals surface area contributed by atoms with Gasteiger partial charge in [0.1, 0.15) is 5.82 Å². The van der Waals surface area contributed by atoms with E-state index in [9.17, 15) is 8.78 Å². The maximum Gasteiger partial charge on any atom is 0.240 e. The van der Waals surface area contributed by atoms with E-state index < -0.39 is 11.6 Å². The Balaban J connectivity index is 2.27. The third-order valence-electron chi connectivity index (χ3n) is 1.87. The van der Waals surface area contributed by atoms with E-state index in [2.05, 4.69) is 15.4 Å². The molecule has 0 spiro atoms. The van der Waals surface area contributed by atoms with Crippen LogP contribution in [0.2, 0.25) is 0 Å². The average molecular weight is 238 g/mol. The predicted molar refractivity (Wildman–Crippen MR) is 56.3 cm³/mol. The van der Waals surface area contributed by atoms with Crippen LogP contribution in [-0.2, 0) is 0 Å². The number of nitrogen functional groups attached to an aromatic ring is 1. The number of ether oxygens (including phenoxy) is 1. The Morgan fingerprint density at radius 2 is 2.06 bits per heavy atom. The molecule has 5 nitrogen and oxygen atoms in total. The summed E-state index contributed by atoms with van der Waals surface area (Å²) < 4.78 is 31.2. The first-order chi connectivity index (χ1) is 8.19. The van der Waals surface area contributed by atoms with Crippen molar-refractivity contribution in [3.8, 4) is 11.6 Å². The molecule has 7 heteroatoms. The number of nitrogens with one attached hydrogen (secondary N) is 1. The molecule has 17 heavy (non-hydrogen) atoms. The Kier molecular flexibility index (Phi) is 3.10. The van der Waals surface area contributed by atoms with E-state index >= 15 is 0 Å². The highest BCUT2D eigenvalue weighted by Gasteiger charge is 2.07. The zero-order valence-corrected chi connectivity index (χ0v) is 8.52. The Hall–Kier alpha value is -2.28. The van der Waals surface area contributed by atoms with Crippen LogP contribution >= 0.6 is 0 Å². The van der Waals surface area contributed by atoms with Gasteiger partial charge in [-0.1, -0.05) is 0 Å². The number of aromatic nitrogens is 2. The van der Waals surface area contributed by atoms with Crippen LogP contribution in [0.3, 0.4) is 0 Å². The molecule has 0 bridgehead atoms. The molecule has 0 saturated carbocycles. The van der Waals surface area contributed by atoms with Gasteiger partial charge in [-0.15, -0.1) is 0 Å². The van der Waals surface area contributed by atoms with Gasteiger partial charge in [0.15, 0.2) is 11.6 Å². The van der Waals surface area contributed by atoms with Gasteiger partial charge in [0.05, 0.1) is 0 Å².